The lowest BCUT2D eigenvalue weighted by atomic mass is 10.2. The van der Waals surface area contributed by atoms with Gasteiger partial charge in [0.25, 0.3) is 5.69 Å². The summed E-state index contributed by atoms with van der Waals surface area (Å²) in [6, 6.07) is 10.7. The summed E-state index contributed by atoms with van der Waals surface area (Å²) in [5, 5.41) is 22.0. The maximum absolute atomic E-state index is 12.9. The Bertz CT molecular complexity index is 1240. The lowest BCUT2D eigenvalue weighted by Gasteiger charge is -2.13. The van der Waals surface area contributed by atoms with E-state index in [4.69, 9.17) is 4.74 Å². The molecule has 0 fully saturated rings. The van der Waals surface area contributed by atoms with Crippen LogP contribution in [0.4, 0.5) is 30.2 Å². The van der Waals surface area contributed by atoms with Gasteiger partial charge >= 0.3 is 11.9 Å². The number of hydrogen-bond donors (Lipinski definition) is 0. The monoisotopic (exact) mass is 587 g/mol. The molecule has 0 bridgehead atoms. The van der Waals surface area contributed by atoms with Crippen molar-refractivity contribution >= 4 is 55.1 Å². The van der Waals surface area contributed by atoms with Gasteiger partial charge in [-0.1, -0.05) is 0 Å². The highest BCUT2D eigenvalue weighted by Crippen LogP contribution is 2.42. The summed E-state index contributed by atoms with van der Waals surface area (Å²) < 4.78 is 44.9. The van der Waals surface area contributed by atoms with Crippen LogP contribution in [0, 0.1) is 20.2 Å². The highest BCUT2D eigenvalue weighted by atomic mass is 79.9. The Morgan fingerprint density at radius 3 is 2.03 bits per heavy atom. The van der Waals surface area contributed by atoms with E-state index in [-0.39, 0.29) is 17.2 Å². The van der Waals surface area contributed by atoms with Gasteiger partial charge in [-0.15, -0.1) is 0 Å². The van der Waals surface area contributed by atoms with Crippen molar-refractivity contribution in [3.63, 3.8) is 0 Å². The maximum Gasteiger partial charge on any atom is 0.416 e. The van der Waals surface area contributed by atoms with E-state index in [0.29, 0.717) is 32.3 Å². The number of non-ortho nitro benzene ring substituents is 1. The molecule has 0 atom stereocenters. The van der Waals surface area contributed by atoms with Crippen LogP contribution >= 0.6 is 31.9 Å². The first-order valence-corrected chi connectivity index (χ1v) is 10.4. The molecule has 8 nitrogen and oxygen atoms in total. The van der Waals surface area contributed by atoms with Crippen molar-refractivity contribution in [1.82, 2.24) is 0 Å². The molecule has 0 spiro atoms. The van der Waals surface area contributed by atoms with Crippen LogP contribution in [0.25, 0.3) is 0 Å². The summed E-state index contributed by atoms with van der Waals surface area (Å²) >= 11 is 6.55. The molecular weight excluding hydrogens is 579 g/mol. The fraction of sp³-hybridized carbons (Fsp3) is 0.0500. The minimum atomic E-state index is -4.74. The zero-order valence-electron chi connectivity index (χ0n) is 16.0. The third-order valence-electron chi connectivity index (χ3n) is 4.14. The number of ether oxygens (including phenoxy) is 1. The van der Waals surface area contributed by atoms with Gasteiger partial charge in [0.2, 0.25) is 5.75 Å². The lowest BCUT2D eigenvalue weighted by molar-refractivity contribution is -0.385. The van der Waals surface area contributed by atoms with Gasteiger partial charge in [0.05, 0.1) is 30.0 Å². The van der Waals surface area contributed by atoms with Crippen molar-refractivity contribution in [2.24, 2.45) is 4.99 Å². The molecule has 0 saturated heterocycles. The average molecular weight is 589 g/mol. The molecule has 3 aromatic rings. The molecule has 13 heteroatoms. The van der Waals surface area contributed by atoms with Crippen LogP contribution in [0.1, 0.15) is 11.1 Å². The van der Waals surface area contributed by atoms with Gasteiger partial charge in [-0.2, -0.15) is 13.2 Å². The molecule has 0 aliphatic rings. The van der Waals surface area contributed by atoms with Crippen molar-refractivity contribution in [2.45, 2.75) is 6.18 Å². The van der Waals surface area contributed by atoms with Crippen LogP contribution in [0.2, 0.25) is 0 Å². The topological polar surface area (TPSA) is 108 Å². The highest BCUT2D eigenvalue weighted by molar-refractivity contribution is 9.11. The van der Waals surface area contributed by atoms with Gasteiger partial charge in [-0.3, -0.25) is 25.2 Å². The first-order valence-electron chi connectivity index (χ1n) is 8.77. The molecule has 170 valence electrons. The van der Waals surface area contributed by atoms with Gasteiger partial charge in [-0.05, 0) is 73.8 Å². The van der Waals surface area contributed by atoms with Gasteiger partial charge in [0.15, 0.2) is 5.75 Å². The van der Waals surface area contributed by atoms with Gasteiger partial charge < -0.3 is 4.74 Å². The standard InChI is InChI=1S/C20H10Br2F3N3O5/c21-15-7-11(10-26-13-2-4-14(5-3-13)27(29)30)8-16(22)19(15)33-18-6-1-12(20(23,24)25)9-17(18)28(31)32/h1-10H. The molecule has 0 aliphatic carbocycles. The Balaban J connectivity index is 1.88. The number of nitro groups is 2. The Morgan fingerprint density at radius 1 is 0.909 bits per heavy atom. The molecule has 0 aromatic heterocycles. The number of halogens is 5. The smallest absolute Gasteiger partial charge is 0.416 e. The number of hydrogen-bond acceptors (Lipinski definition) is 6. The van der Waals surface area contributed by atoms with Gasteiger partial charge in [0.1, 0.15) is 0 Å². The number of rotatable bonds is 6. The Kier molecular flexibility index (Phi) is 7.12. The summed E-state index contributed by atoms with van der Waals surface area (Å²) in [5.41, 5.74) is -1.04. The Labute approximate surface area is 200 Å². The average Bonchev–Trinajstić information content (AvgIpc) is 2.74. The van der Waals surface area contributed by atoms with E-state index in [0.717, 1.165) is 6.07 Å². The van der Waals surface area contributed by atoms with Gasteiger partial charge in [-0.25, -0.2) is 0 Å². The van der Waals surface area contributed by atoms with Crippen LogP contribution < -0.4 is 4.74 Å². The molecule has 0 radical (unpaired) electrons. The third kappa shape index (κ3) is 5.93. The van der Waals surface area contributed by atoms with Crippen LogP contribution in [-0.4, -0.2) is 16.1 Å². The fourth-order valence-corrected chi connectivity index (χ4v) is 3.98. The van der Waals surface area contributed by atoms with E-state index in [2.05, 4.69) is 36.9 Å². The molecule has 3 aromatic carbocycles. The zero-order valence-corrected chi connectivity index (χ0v) is 19.2. The Morgan fingerprint density at radius 2 is 1.52 bits per heavy atom. The van der Waals surface area contributed by atoms with E-state index in [1.807, 2.05) is 0 Å². The summed E-state index contributed by atoms with van der Waals surface area (Å²) in [7, 11) is 0. The molecule has 0 unspecified atom stereocenters. The Hall–Kier alpha value is -3.32. The second-order valence-electron chi connectivity index (χ2n) is 6.38. The van der Waals surface area contributed by atoms with Crippen molar-refractivity contribution < 1.29 is 27.8 Å². The highest BCUT2D eigenvalue weighted by Gasteiger charge is 2.33. The second-order valence-corrected chi connectivity index (χ2v) is 8.09. The van der Waals surface area contributed by atoms with Crippen LogP contribution in [-0.2, 0) is 6.18 Å². The molecule has 0 amide bonds. The molecule has 0 saturated carbocycles. The number of benzene rings is 3. The van der Waals surface area contributed by atoms with Crippen molar-refractivity contribution in [1.29, 1.82) is 0 Å². The minimum absolute atomic E-state index is 0.0710. The summed E-state index contributed by atoms with van der Waals surface area (Å²) in [6.07, 6.45) is -3.27. The van der Waals surface area contributed by atoms with E-state index in [1.54, 1.807) is 12.1 Å². The van der Waals surface area contributed by atoms with E-state index in [9.17, 15) is 33.4 Å². The van der Waals surface area contributed by atoms with Crippen molar-refractivity contribution in [2.75, 3.05) is 0 Å². The molecule has 0 aliphatic heterocycles. The predicted octanol–water partition coefficient (Wildman–Crippen LogP) is 7.59. The van der Waals surface area contributed by atoms with E-state index >= 15 is 0 Å². The lowest BCUT2D eigenvalue weighted by Crippen LogP contribution is -2.06. The largest absolute Gasteiger partial charge is 0.448 e. The summed E-state index contributed by atoms with van der Waals surface area (Å²) in [4.78, 5) is 24.7. The number of nitrogens with zero attached hydrogens (tertiary/aromatic N) is 3. The quantitative estimate of drug-likeness (QED) is 0.167. The molecule has 3 rings (SSSR count). The van der Waals surface area contributed by atoms with E-state index < -0.39 is 27.3 Å². The molecule has 33 heavy (non-hydrogen) atoms. The minimum Gasteiger partial charge on any atom is -0.448 e. The van der Waals surface area contributed by atoms with Gasteiger partial charge in [0, 0.05) is 24.4 Å². The SMILES string of the molecule is O=[N+]([O-])c1ccc(N=Cc2cc(Br)c(Oc3ccc(C(F)(F)F)cc3[N+](=O)[O-])c(Br)c2)cc1. The van der Waals surface area contributed by atoms with Crippen molar-refractivity contribution in [3.8, 4) is 11.5 Å². The molecule has 0 heterocycles. The maximum atomic E-state index is 12.9. The summed E-state index contributed by atoms with van der Waals surface area (Å²) in [5.74, 6) is -0.271. The van der Waals surface area contributed by atoms with E-state index in [1.165, 1.54) is 30.5 Å². The normalized spacial score (nSPS) is 11.5. The second kappa shape index (κ2) is 9.67. The van der Waals surface area contributed by atoms with Crippen LogP contribution in [0.15, 0.2) is 68.5 Å². The fourth-order valence-electron chi connectivity index (χ4n) is 2.59. The first-order chi connectivity index (χ1) is 15.5. The third-order valence-corrected chi connectivity index (χ3v) is 5.32. The molecular formula is C20H10Br2F3N3O5. The predicted molar refractivity (Wildman–Crippen MR) is 120 cm³/mol. The molecule has 0 N–H and O–H groups in total. The number of aliphatic imine (C=N–C) groups is 1. The number of nitro benzene ring substituents is 2. The van der Waals surface area contributed by atoms with Crippen molar-refractivity contribution in [3.05, 3.63) is 94.9 Å². The first kappa shape index (κ1) is 24.3. The number of alkyl halides is 3. The zero-order chi connectivity index (χ0) is 24.3. The summed E-state index contributed by atoms with van der Waals surface area (Å²) in [6.45, 7) is 0. The van der Waals surface area contributed by atoms with Crippen LogP contribution in [0.3, 0.4) is 0 Å². The van der Waals surface area contributed by atoms with Crippen LogP contribution in [0.5, 0.6) is 11.5 Å².